The molecule has 0 atom stereocenters. The van der Waals surface area contributed by atoms with Gasteiger partial charge < -0.3 is 4.90 Å². The van der Waals surface area contributed by atoms with Crippen LogP contribution in [0.15, 0.2) is 29.8 Å². The Morgan fingerprint density at radius 2 is 2.10 bits per heavy atom. The Labute approximate surface area is 118 Å². The minimum absolute atomic E-state index is 0.163. The van der Waals surface area contributed by atoms with Gasteiger partial charge in [0, 0.05) is 17.1 Å². The first-order valence-corrected chi connectivity index (χ1v) is 7.11. The maximum atomic E-state index is 12.7. The molecule has 0 unspecified atom stereocenters. The highest BCUT2D eigenvalue weighted by Gasteiger charge is 2.35. The van der Waals surface area contributed by atoms with Gasteiger partial charge in [0.1, 0.15) is 5.69 Å². The molecule has 0 N–H and O–H groups in total. The maximum Gasteiger partial charge on any atom is 0.433 e. The highest BCUT2D eigenvalue weighted by atomic mass is 32.1. The van der Waals surface area contributed by atoms with E-state index in [-0.39, 0.29) is 12.0 Å². The Bertz CT molecular complexity index is 579. The molecule has 0 radical (unpaired) electrons. The zero-order chi connectivity index (χ0) is 14.2. The number of aromatic nitrogens is 2. The van der Waals surface area contributed by atoms with Crippen LogP contribution in [0.4, 0.5) is 19.1 Å². The summed E-state index contributed by atoms with van der Waals surface area (Å²) in [4.78, 5) is 10.7. The summed E-state index contributed by atoms with van der Waals surface area (Å²) in [6, 6.07) is 5.05. The molecule has 1 aliphatic carbocycles. The van der Waals surface area contributed by atoms with E-state index in [0.29, 0.717) is 6.54 Å². The fourth-order valence-electron chi connectivity index (χ4n) is 1.96. The quantitative estimate of drug-likeness (QED) is 0.861. The van der Waals surface area contributed by atoms with Gasteiger partial charge in [0.05, 0.1) is 6.54 Å². The Kier molecular flexibility index (Phi) is 3.37. The van der Waals surface area contributed by atoms with Crippen molar-refractivity contribution < 1.29 is 13.2 Å². The van der Waals surface area contributed by atoms with Gasteiger partial charge in [-0.25, -0.2) is 9.97 Å². The van der Waals surface area contributed by atoms with Gasteiger partial charge in [-0.1, -0.05) is 6.07 Å². The Balaban J connectivity index is 1.88. The van der Waals surface area contributed by atoms with Crippen molar-refractivity contribution in [1.29, 1.82) is 0 Å². The molecular formula is C13H12F3N3S. The third kappa shape index (κ3) is 2.92. The van der Waals surface area contributed by atoms with E-state index in [1.54, 1.807) is 11.3 Å². The zero-order valence-electron chi connectivity index (χ0n) is 10.5. The van der Waals surface area contributed by atoms with Crippen molar-refractivity contribution in [3.63, 3.8) is 0 Å². The number of hydrogen-bond donors (Lipinski definition) is 0. The molecule has 106 valence electrons. The molecule has 0 bridgehead atoms. The highest BCUT2D eigenvalue weighted by Crippen LogP contribution is 2.34. The van der Waals surface area contributed by atoms with E-state index >= 15 is 0 Å². The molecule has 1 saturated carbocycles. The minimum atomic E-state index is -4.43. The van der Waals surface area contributed by atoms with E-state index in [9.17, 15) is 13.2 Å². The van der Waals surface area contributed by atoms with E-state index in [4.69, 9.17) is 0 Å². The third-order valence-electron chi connectivity index (χ3n) is 3.08. The van der Waals surface area contributed by atoms with Crippen LogP contribution in [0, 0.1) is 0 Å². The van der Waals surface area contributed by atoms with Crippen molar-refractivity contribution in [2.75, 3.05) is 4.90 Å². The topological polar surface area (TPSA) is 29.0 Å². The lowest BCUT2D eigenvalue weighted by molar-refractivity contribution is -0.141. The number of hydrogen-bond acceptors (Lipinski definition) is 4. The number of nitrogens with zero attached hydrogens (tertiary/aromatic N) is 3. The van der Waals surface area contributed by atoms with Crippen LogP contribution in [0.1, 0.15) is 23.4 Å². The molecular weight excluding hydrogens is 287 g/mol. The summed E-state index contributed by atoms with van der Waals surface area (Å²) < 4.78 is 38.2. The Hall–Kier alpha value is -1.63. The molecule has 7 heteroatoms. The Morgan fingerprint density at radius 1 is 1.30 bits per heavy atom. The van der Waals surface area contributed by atoms with Crippen molar-refractivity contribution in [2.45, 2.75) is 31.6 Å². The first-order valence-electron chi connectivity index (χ1n) is 6.23. The number of anilines is 1. The van der Waals surface area contributed by atoms with Crippen molar-refractivity contribution in [2.24, 2.45) is 0 Å². The maximum absolute atomic E-state index is 12.7. The largest absolute Gasteiger partial charge is 0.433 e. The second-order valence-electron chi connectivity index (χ2n) is 4.68. The molecule has 2 heterocycles. The molecule has 0 amide bonds. The van der Waals surface area contributed by atoms with Gasteiger partial charge in [0.15, 0.2) is 0 Å². The average molecular weight is 299 g/mol. The fourth-order valence-corrected chi connectivity index (χ4v) is 2.67. The molecule has 3 nitrogen and oxygen atoms in total. The Morgan fingerprint density at radius 3 is 2.70 bits per heavy atom. The molecule has 0 spiro atoms. The van der Waals surface area contributed by atoms with Crippen LogP contribution in [-0.4, -0.2) is 16.0 Å². The summed E-state index contributed by atoms with van der Waals surface area (Å²) in [6.07, 6.45) is -1.30. The molecule has 2 aromatic rings. The number of alkyl halides is 3. The first kappa shape index (κ1) is 13.4. The first-order chi connectivity index (χ1) is 9.54. The SMILES string of the molecule is FC(F)(F)c1ccnc(N(Cc2cccs2)C2CC2)n1. The summed E-state index contributed by atoms with van der Waals surface area (Å²) in [5, 5.41) is 1.95. The normalized spacial score (nSPS) is 15.3. The van der Waals surface area contributed by atoms with Gasteiger partial charge in [-0.05, 0) is 30.4 Å². The number of halogens is 3. The van der Waals surface area contributed by atoms with Gasteiger partial charge in [-0.15, -0.1) is 11.3 Å². The lowest BCUT2D eigenvalue weighted by Gasteiger charge is -2.22. The van der Waals surface area contributed by atoms with Crippen molar-refractivity contribution in [1.82, 2.24) is 9.97 Å². The van der Waals surface area contributed by atoms with Crippen LogP contribution in [-0.2, 0) is 12.7 Å². The average Bonchev–Trinajstić information content (AvgIpc) is 3.12. The van der Waals surface area contributed by atoms with Crippen LogP contribution in [0.2, 0.25) is 0 Å². The van der Waals surface area contributed by atoms with Crippen LogP contribution in [0.5, 0.6) is 0 Å². The predicted molar refractivity (Wildman–Crippen MR) is 70.6 cm³/mol. The molecule has 20 heavy (non-hydrogen) atoms. The molecule has 2 aromatic heterocycles. The zero-order valence-corrected chi connectivity index (χ0v) is 11.3. The van der Waals surface area contributed by atoms with Crippen LogP contribution >= 0.6 is 11.3 Å². The molecule has 1 fully saturated rings. The second-order valence-corrected chi connectivity index (χ2v) is 5.71. The molecule has 0 saturated heterocycles. The summed E-state index contributed by atoms with van der Waals surface area (Å²) in [5.41, 5.74) is -0.890. The second kappa shape index (κ2) is 5.05. The number of thiophene rings is 1. The van der Waals surface area contributed by atoms with Gasteiger partial charge in [-0.3, -0.25) is 0 Å². The van der Waals surface area contributed by atoms with Crippen LogP contribution < -0.4 is 4.90 Å². The summed E-state index contributed by atoms with van der Waals surface area (Å²) >= 11 is 1.58. The van der Waals surface area contributed by atoms with E-state index in [2.05, 4.69) is 9.97 Å². The predicted octanol–water partition coefficient (Wildman–Crippen LogP) is 3.73. The smallest absolute Gasteiger partial charge is 0.333 e. The molecule has 3 rings (SSSR count). The van der Waals surface area contributed by atoms with E-state index in [1.807, 2.05) is 22.4 Å². The monoisotopic (exact) mass is 299 g/mol. The standard InChI is InChI=1S/C13H12F3N3S/c14-13(15,16)11-5-6-17-12(18-11)19(9-3-4-9)8-10-2-1-7-20-10/h1-2,5-7,9H,3-4,8H2. The molecule has 1 aliphatic rings. The van der Waals surface area contributed by atoms with E-state index in [0.717, 1.165) is 23.8 Å². The summed E-state index contributed by atoms with van der Waals surface area (Å²) in [5.74, 6) is 0.163. The van der Waals surface area contributed by atoms with Crippen LogP contribution in [0.25, 0.3) is 0 Å². The lowest BCUT2D eigenvalue weighted by Crippen LogP contribution is -2.27. The fraction of sp³-hybridized carbons (Fsp3) is 0.385. The van der Waals surface area contributed by atoms with Gasteiger partial charge in [0.25, 0.3) is 0 Å². The molecule has 0 aromatic carbocycles. The van der Waals surface area contributed by atoms with E-state index in [1.165, 1.54) is 6.20 Å². The van der Waals surface area contributed by atoms with Crippen molar-refractivity contribution in [3.8, 4) is 0 Å². The van der Waals surface area contributed by atoms with Gasteiger partial charge in [-0.2, -0.15) is 13.2 Å². The third-order valence-corrected chi connectivity index (χ3v) is 3.95. The highest BCUT2D eigenvalue weighted by molar-refractivity contribution is 7.09. The minimum Gasteiger partial charge on any atom is -0.333 e. The van der Waals surface area contributed by atoms with Gasteiger partial charge in [0.2, 0.25) is 5.95 Å². The van der Waals surface area contributed by atoms with Crippen molar-refractivity contribution >= 4 is 17.3 Å². The van der Waals surface area contributed by atoms with Gasteiger partial charge >= 0.3 is 6.18 Å². The lowest BCUT2D eigenvalue weighted by atomic mass is 10.4. The van der Waals surface area contributed by atoms with Crippen LogP contribution in [0.3, 0.4) is 0 Å². The van der Waals surface area contributed by atoms with E-state index < -0.39 is 11.9 Å². The number of rotatable bonds is 4. The summed E-state index contributed by atoms with van der Waals surface area (Å²) in [7, 11) is 0. The molecule has 0 aliphatic heterocycles. The van der Waals surface area contributed by atoms with Crippen molar-refractivity contribution in [3.05, 3.63) is 40.3 Å². The summed E-state index contributed by atoms with van der Waals surface area (Å²) in [6.45, 7) is 0.559.